The molecule has 0 N–H and O–H groups in total. The standard InChI is InChI=1S/C15H24N2O/c1-13(12-17-8-10-18-11-9-17)14-4-6-15(7-5-14)16(2)3/h4-7,13H,8-12H2,1-3H3. The number of nitrogens with zero attached hydrogens (tertiary/aromatic N) is 2. The molecule has 0 amide bonds. The Morgan fingerprint density at radius 3 is 2.33 bits per heavy atom. The molecule has 1 saturated heterocycles. The molecule has 1 aromatic carbocycles. The molecule has 0 aliphatic carbocycles. The summed E-state index contributed by atoms with van der Waals surface area (Å²) in [6.45, 7) is 7.34. The number of morpholine rings is 1. The largest absolute Gasteiger partial charge is 0.379 e. The van der Waals surface area contributed by atoms with E-state index in [1.165, 1.54) is 11.3 Å². The van der Waals surface area contributed by atoms with Gasteiger partial charge in [0, 0.05) is 39.4 Å². The van der Waals surface area contributed by atoms with E-state index in [2.05, 4.69) is 55.1 Å². The van der Waals surface area contributed by atoms with E-state index in [0.29, 0.717) is 5.92 Å². The third-order valence-electron chi connectivity index (χ3n) is 3.61. The van der Waals surface area contributed by atoms with Crippen molar-refractivity contribution in [1.29, 1.82) is 0 Å². The van der Waals surface area contributed by atoms with Gasteiger partial charge in [-0.15, -0.1) is 0 Å². The van der Waals surface area contributed by atoms with Crippen molar-refractivity contribution in [3.8, 4) is 0 Å². The highest BCUT2D eigenvalue weighted by molar-refractivity contribution is 5.46. The predicted molar refractivity (Wildman–Crippen MR) is 76.4 cm³/mol. The van der Waals surface area contributed by atoms with Gasteiger partial charge in [-0.2, -0.15) is 0 Å². The van der Waals surface area contributed by atoms with Gasteiger partial charge in [0.25, 0.3) is 0 Å². The van der Waals surface area contributed by atoms with Gasteiger partial charge in [0.2, 0.25) is 0 Å². The average Bonchev–Trinajstić information content (AvgIpc) is 2.40. The Hall–Kier alpha value is -1.06. The smallest absolute Gasteiger partial charge is 0.0594 e. The van der Waals surface area contributed by atoms with Crippen LogP contribution in [0.25, 0.3) is 0 Å². The second-order valence-electron chi connectivity index (χ2n) is 5.30. The molecule has 2 rings (SSSR count). The number of anilines is 1. The van der Waals surface area contributed by atoms with Crippen LogP contribution < -0.4 is 4.90 Å². The van der Waals surface area contributed by atoms with Crippen LogP contribution in [0.5, 0.6) is 0 Å². The Kier molecular flexibility index (Phi) is 4.61. The molecule has 100 valence electrons. The Labute approximate surface area is 110 Å². The first-order valence-corrected chi connectivity index (χ1v) is 6.74. The fourth-order valence-corrected chi connectivity index (χ4v) is 2.38. The third-order valence-corrected chi connectivity index (χ3v) is 3.61. The lowest BCUT2D eigenvalue weighted by molar-refractivity contribution is 0.0357. The first-order chi connectivity index (χ1) is 8.66. The molecule has 1 unspecified atom stereocenters. The van der Waals surface area contributed by atoms with Crippen molar-refractivity contribution in [3.05, 3.63) is 29.8 Å². The predicted octanol–water partition coefficient (Wildman–Crippen LogP) is 2.19. The van der Waals surface area contributed by atoms with Crippen LogP contribution in [0.3, 0.4) is 0 Å². The molecule has 1 aliphatic heterocycles. The van der Waals surface area contributed by atoms with Crippen LogP contribution in [0.4, 0.5) is 5.69 Å². The third kappa shape index (κ3) is 3.47. The molecule has 0 aromatic heterocycles. The molecule has 0 saturated carbocycles. The molecule has 18 heavy (non-hydrogen) atoms. The van der Waals surface area contributed by atoms with Crippen molar-refractivity contribution in [2.75, 3.05) is 51.8 Å². The van der Waals surface area contributed by atoms with Crippen molar-refractivity contribution in [1.82, 2.24) is 4.90 Å². The minimum atomic E-state index is 0.583. The maximum absolute atomic E-state index is 5.38. The summed E-state index contributed by atoms with van der Waals surface area (Å²) in [7, 11) is 4.15. The summed E-state index contributed by atoms with van der Waals surface area (Å²) in [6.07, 6.45) is 0. The van der Waals surface area contributed by atoms with Crippen LogP contribution in [-0.2, 0) is 4.74 Å². The van der Waals surface area contributed by atoms with E-state index in [1.54, 1.807) is 0 Å². The van der Waals surface area contributed by atoms with Gasteiger partial charge in [0.1, 0.15) is 0 Å². The second-order valence-corrected chi connectivity index (χ2v) is 5.30. The van der Waals surface area contributed by atoms with Crippen LogP contribution in [0.2, 0.25) is 0 Å². The van der Waals surface area contributed by atoms with Crippen LogP contribution in [-0.4, -0.2) is 51.8 Å². The van der Waals surface area contributed by atoms with Gasteiger partial charge in [-0.25, -0.2) is 0 Å². The molecule has 0 spiro atoms. The minimum Gasteiger partial charge on any atom is -0.379 e. The monoisotopic (exact) mass is 248 g/mol. The number of ether oxygens (including phenoxy) is 1. The quantitative estimate of drug-likeness (QED) is 0.812. The van der Waals surface area contributed by atoms with Gasteiger partial charge < -0.3 is 9.64 Å². The Morgan fingerprint density at radius 1 is 1.17 bits per heavy atom. The molecule has 1 fully saturated rings. The molecule has 1 aromatic rings. The van der Waals surface area contributed by atoms with Gasteiger partial charge in [-0.3, -0.25) is 4.90 Å². The summed E-state index contributed by atoms with van der Waals surface area (Å²) in [5.41, 5.74) is 2.68. The Bertz CT molecular complexity index is 355. The van der Waals surface area contributed by atoms with Crippen molar-refractivity contribution in [2.24, 2.45) is 0 Å². The molecule has 1 atom stereocenters. The Morgan fingerprint density at radius 2 is 1.78 bits per heavy atom. The first kappa shape index (κ1) is 13.4. The van der Waals surface area contributed by atoms with Crippen LogP contribution in [0.15, 0.2) is 24.3 Å². The van der Waals surface area contributed by atoms with E-state index in [0.717, 1.165) is 32.8 Å². The zero-order chi connectivity index (χ0) is 13.0. The summed E-state index contributed by atoms with van der Waals surface area (Å²) in [4.78, 5) is 4.63. The lowest BCUT2D eigenvalue weighted by Gasteiger charge is -2.29. The van der Waals surface area contributed by atoms with Crippen LogP contribution >= 0.6 is 0 Å². The molecule has 1 aliphatic rings. The number of rotatable bonds is 4. The Balaban J connectivity index is 1.93. The van der Waals surface area contributed by atoms with Gasteiger partial charge in [-0.05, 0) is 23.6 Å². The van der Waals surface area contributed by atoms with Gasteiger partial charge in [0.15, 0.2) is 0 Å². The van der Waals surface area contributed by atoms with Gasteiger partial charge in [-0.1, -0.05) is 19.1 Å². The number of hydrogen-bond acceptors (Lipinski definition) is 3. The summed E-state index contributed by atoms with van der Waals surface area (Å²) in [5.74, 6) is 0.583. The molecule has 3 nitrogen and oxygen atoms in total. The molecule has 1 heterocycles. The fraction of sp³-hybridized carbons (Fsp3) is 0.600. The molecular weight excluding hydrogens is 224 g/mol. The summed E-state index contributed by atoms with van der Waals surface area (Å²) < 4.78 is 5.38. The average molecular weight is 248 g/mol. The van der Waals surface area contributed by atoms with Crippen LogP contribution in [0, 0.1) is 0 Å². The van der Waals surface area contributed by atoms with Crippen LogP contribution in [0.1, 0.15) is 18.4 Å². The highest BCUT2D eigenvalue weighted by Gasteiger charge is 2.14. The lowest BCUT2D eigenvalue weighted by atomic mass is 10.00. The topological polar surface area (TPSA) is 15.7 Å². The van der Waals surface area contributed by atoms with Gasteiger partial charge in [0.05, 0.1) is 13.2 Å². The highest BCUT2D eigenvalue weighted by Crippen LogP contribution is 2.20. The summed E-state index contributed by atoms with van der Waals surface area (Å²) >= 11 is 0. The normalized spacial score (nSPS) is 18.6. The van der Waals surface area contributed by atoms with E-state index in [1.807, 2.05) is 0 Å². The second kappa shape index (κ2) is 6.21. The van der Waals surface area contributed by atoms with E-state index in [9.17, 15) is 0 Å². The zero-order valence-electron chi connectivity index (χ0n) is 11.7. The summed E-state index contributed by atoms with van der Waals surface area (Å²) in [6, 6.07) is 8.90. The van der Waals surface area contributed by atoms with Crippen molar-refractivity contribution in [2.45, 2.75) is 12.8 Å². The number of hydrogen-bond donors (Lipinski definition) is 0. The van der Waals surface area contributed by atoms with Crippen molar-refractivity contribution in [3.63, 3.8) is 0 Å². The first-order valence-electron chi connectivity index (χ1n) is 6.74. The fourth-order valence-electron chi connectivity index (χ4n) is 2.38. The highest BCUT2D eigenvalue weighted by atomic mass is 16.5. The number of benzene rings is 1. The molecular formula is C15H24N2O. The van der Waals surface area contributed by atoms with E-state index in [4.69, 9.17) is 4.74 Å². The zero-order valence-corrected chi connectivity index (χ0v) is 11.7. The van der Waals surface area contributed by atoms with Gasteiger partial charge >= 0.3 is 0 Å². The van der Waals surface area contributed by atoms with E-state index >= 15 is 0 Å². The van der Waals surface area contributed by atoms with Crippen molar-refractivity contribution < 1.29 is 4.74 Å². The lowest BCUT2D eigenvalue weighted by Crippen LogP contribution is -2.38. The SMILES string of the molecule is CC(CN1CCOCC1)c1ccc(N(C)C)cc1. The van der Waals surface area contributed by atoms with E-state index < -0.39 is 0 Å². The minimum absolute atomic E-state index is 0.583. The van der Waals surface area contributed by atoms with E-state index in [-0.39, 0.29) is 0 Å². The molecule has 0 radical (unpaired) electrons. The molecule has 0 bridgehead atoms. The maximum Gasteiger partial charge on any atom is 0.0594 e. The van der Waals surface area contributed by atoms with Crippen molar-refractivity contribution >= 4 is 5.69 Å². The maximum atomic E-state index is 5.38. The molecule has 3 heteroatoms. The summed E-state index contributed by atoms with van der Waals surface area (Å²) in [5, 5.41) is 0.